The Morgan fingerprint density at radius 3 is 2.73 bits per heavy atom. The molecule has 1 heterocycles. The summed E-state index contributed by atoms with van der Waals surface area (Å²) in [5.74, 6) is -0.893. The first-order valence-electron chi connectivity index (χ1n) is 2.98. The van der Waals surface area contributed by atoms with Crippen LogP contribution in [0.5, 0.6) is 0 Å². The maximum absolute atomic E-state index is 10.3. The number of rotatable bonds is 2. The predicted molar refractivity (Wildman–Crippen MR) is 35.9 cm³/mol. The second-order valence-electron chi connectivity index (χ2n) is 1.98. The number of aryl methyl sites for hydroxylation is 1. The smallest absolute Gasteiger partial charge is 0.375 e. The molecule has 0 aliphatic rings. The van der Waals surface area contributed by atoms with Crippen LogP contribution in [0.3, 0.4) is 0 Å². The van der Waals surface area contributed by atoms with Gasteiger partial charge in [-0.05, 0) is 0 Å². The van der Waals surface area contributed by atoms with Gasteiger partial charge in [0.2, 0.25) is 0 Å². The van der Waals surface area contributed by atoms with Gasteiger partial charge in [0.25, 0.3) is 5.82 Å². The van der Waals surface area contributed by atoms with E-state index in [9.17, 15) is 4.79 Å². The number of carboxylic acid groups (broad SMARTS) is 1. The molecule has 1 rings (SSSR count). The van der Waals surface area contributed by atoms with Crippen molar-refractivity contribution >= 4 is 5.97 Å². The lowest BCUT2D eigenvalue weighted by Gasteiger charge is -1.90. The molecule has 0 amide bonds. The Bertz CT molecular complexity index is 280. The highest BCUT2D eigenvalue weighted by molar-refractivity contribution is 5.82. The van der Waals surface area contributed by atoms with E-state index in [0.29, 0.717) is 5.82 Å². The van der Waals surface area contributed by atoms with Gasteiger partial charge in [-0.15, -0.1) is 5.10 Å². The third kappa shape index (κ3) is 1.35. The Hall–Kier alpha value is -1.43. The van der Waals surface area contributed by atoms with Crippen molar-refractivity contribution in [2.75, 3.05) is 0 Å². The van der Waals surface area contributed by atoms with Gasteiger partial charge < -0.3 is 10.8 Å². The molecule has 60 valence electrons. The van der Waals surface area contributed by atoms with Gasteiger partial charge in [0, 0.05) is 7.05 Å². The molecule has 0 spiro atoms. The second kappa shape index (κ2) is 2.67. The average molecular weight is 156 g/mol. The molecule has 6 nitrogen and oxygen atoms in total. The second-order valence-corrected chi connectivity index (χ2v) is 1.98. The predicted octanol–water partition coefficient (Wildman–Crippen LogP) is -1.03. The van der Waals surface area contributed by atoms with Crippen LogP contribution >= 0.6 is 0 Å². The lowest BCUT2D eigenvalue weighted by molar-refractivity contribution is 0.0683. The molecular formula is C5H8N4O2. The zero-order valence-corrected chi connectivity index (χ0v) is 5.98. The van der Waals surface area contributed by atoms with E-state index in [-0.39, 0.29) is 12.4 Å². The highest BCUT2D eigenvalue weighted by atomic mass is 16.4. The average Bonchev–Trinajstić information content (AvgIpc) is 2.31. The van der Waals surface area contributed by atoms with Gasteiger partial charge in [0.1, 0.15) is 5.82 Å². The van der Waals surface area contributed by atoms with Gasteiger partial charge in [-0.25, -0.2) is 9.78 Å². The van der Waals surface area contributed by atoms with Gasteiger partial charge in [0.15, 0.2) is 0 Å². The summed E-state index contributed by atoms with van der Waals surface area (Å²) in [7, 11) is 1.60. The molecule has 3 N–H and O–H groups in total. The third-order valence-electron chi connectivity index (χ3n) is 1.23. The molecule has 0 aliphatic carbocycles. The molecule has 0 unspecified atom stereocenters. The summed E-state index contributed by atoms with van der Waals surface area (Å²) in [6.45, 7) is 0.191. The van der Waals surface area contributed by atoms with Crippen molar-refractivity contribution in [3.05, 3.63) is 11.6 Å². The first-order valence-corrected chi connectivity index (χ1v) is 2.98. The van der Waals surface area contributed by atoms with Gasteiger partial charge in [0.05, 0.1) is 6.54 Å². The summed E-state index contributed by atoms with van der Waals surface area (Å²) in [5, 5.41) is 12.0. The molecule has 0 aliphatic heterocycles. The molecule has 0 radical (unpaired) electrons. The van der Waals surface area contributed by atoms with Gasteiger partial charge in [-0.2, -0.15) is 0 Å². The summed E-state index contributed by atoms with van der Waals surface area (Å²) in [6.07, 6.45) is 0. The van der Waals surface area contributed by atoms with E-state index in [0.717, 1.165) is 0 Å². The van der Waals surface area contributed by atoms with E-state index in [1.54, 1.807) is 7.05 Å². The van der Waals surface area contributed by atoms with E-state index >= 15 is 0 Å². The zero-order valence-electron chi connectivity index (χ0n) is 5.98. The quantitative estimate of drug-likeness (QED) is 0.571. The first-order chi connectivity index (χ1) is 5.15. The van der Waals surface area contributed by atoms with Crippen molar-refractivity contribution in [2.45, 2.75) is 6.54 Å². The van der Waals surface area contributed by atoms with E-state index in [2.05, 4.69) is 10.1 Å². The number of carbonyl (C=O) groups is 1. The van der Waals surface area contributed by atoms with Gasteiger partial charge >= 0.3 is 5.97 Å². The third-order valence-corrected chi connectivity index (χ3v) is 1.23. The lowest BCUT2D eigenvalue weighted by Crippen LogP contribution is -2.05. The van der Waals surface area contributed by atoms with Crippen LogP contribution in [-0.4, -0.2) is 25.8 Å². The van der Waals surface area contributed by atoms with Crippen molar-refractivity contribution in [1.29, 1.82) is 0 Å². The maximum atomic E-state index is 10.3. The molecule has 1 aromatic rings. The standard InChI is InChI=1S/C5H8N4O2/c1-9-3(2-6)7-4(8-9)5(10)11/h2,6H2,1H3,(H,10,11). The van der Waals surface area contributed by atoms with Crippen LogP contribution in [0.25, 0.3) is 0 Å². The van der Waals surface area contributed by atoms with Crippen LogP contribution in [0.2, 0.25) is 0 Å². The summed E-state index contributed by atoms with van der Waals surface area (Å²) in [5.41, 5.74) is 5.25. The maximum Gasteiger partial charge on any atom is 0.375 e. The van der Waals surface area contributed by atoms with E-state index in [1.165, 1.54) is 4.68 Å². The fraction of sp³-hybridized carbons (Fsp3) is 0.400. The molecule has 0 saturated heterocycles. The fourth-order valence-corrected chi connectivity index (χ4v) is 0.685. The Kier molecular flexibility index (Phi) is 1.86. The van der Waals surface area contributed by atoms with Gasteiger partial charge in [-0.1, -0.05) is 0 Å². The summed E-state index contributed by atoms with van der Waals surface area (Å²) in [4.78, 5) is 14.0. The largest absolute Gasteiger partial charge is 0.475 e. The molecule has 11 heavy (non-hydrogen) atoms. The molecule has 6 heteroatoms. The number of nitrogens with zero attached hydrogens (tertiary/aromatic N) is 3. The Morgan fingerprint density at radius 2 is 2.45 bits per heavy atom. The Labute approximate surface area is 62.6 Å². The van der Waals surface area contributed by atoms with Crippen molar-refractivity contribution in [3.8, 4) is 0 Å². The minimum Gasteiger partial charge on any atom is -0.475 e. The van der Waals surface area contributed by atoms with Crippen molar-refractivity contribution in [2.24, 2.45) is 12.8 Å². The first kappa shape index (κ1) is 7.67. The highest BCUT2D eigenvalue weighted by Crippen LogP contribution is 1.94. The molecule has 1 aromatic heterocycles. The zero-order chi connectivity index (χ0) is 8.43. The monoisotopic (exact) mass is 156 g/mol. The molecule has 0 atom stereocenters. The summed E-state index contributed by atoms with van der Waals surface area (Å²) < 4.78 is 1.35. The van der Waals surface area contributed by atoms with Crippen molar-refractivity contribution < 1.29 is 9.90 Å². The summed E-state index contributed by atoms with van der Waals surface area (Å²) >= 11 is 0. The van der Waals surface area contributed by atoms with Crippen LogP contribution in [0, 0.1) is 0 Å². The molecule has 0 saturated carbocycles. The van der Waals surface area contributed by atoms with Crippen LogP contribution in [0.1, 0.15) is 16.4 Å². The summed E-state index contributed by atoms with van der Waals surface area (Å²) in [6, 6.07) is 0. The van der Waals surface area contributed by atoms with Crippen molar-refractivity contribution in [3.63, 3.8) is 0 Å². The van der Waals surface area contributed by atoms with E-state index in [1.807, 2.05) is 0 Å². The van der Waals surface area contributed by atoms with Crippen LogP contribution < -0.4 is 5.73 Å². The molecule has 0 aromatic carbocycles. The van der Waals surface area contributed by atoms with Crippen LogP contribution in [0.4, 0.5) is 0 Å². The van der Waals surface area contributed by atoms with Gasteiger partial charge in [-0.3, -0.25) is 4.68 Å². The number of hydrogen-bond acceptors (Lipinski definition) is 4. The molecule has 0 bridgehead atoms. The number of nitrogens with two attached hydrogens (primary N) is 1. The van der Waals surface area contributed by atoms with Crippen LogP contribution in [-0.2, 0) is 13.6 Å². The minimum atomic E-state index is -1.14. The Balaban J connectivity index is 3.05. The lowest BCUT2D eigenvalue weighted by atomic mass is 10.6. The topological polar surface area (TPSA) is 94.0 Å². The van der Waals surface area contributed by atoms with Crippen molar-refractivity contribution in [1.82, 2.24) is 14.8 Å². The molecular weight excluding hydrogens is 148 g/mol. The number of carboxylic acids is 1. The number of hydrogen-bond donors (Lipinski definition) is 2. The normalized spacial score (nSPS) is 10.0. The Morgan fingerprint density at radius 1 is 1.82 bits per heavy atom. The van der Waals surface area contributed by atoms with E-state index in [4.69, 9.17) is 10.8 Å². The number of aromatic carboxylic acids is 1. The molecule has 0 fully saturated rings. The fourth-order valence-electron chi connectivity index (χ4n) is 0.685. The minimum absolute atomic E-state index is 0.191. The SMILES string of the molecule is Cn1nc(C(=O)O)nc1CN. The van der Waals surface area contributed by atoms with E-state index < -0.39 is 5.97 Å². The van der Waals surface area contributed by atoms with Crippen LogP contribution in [0.15, 0.2) is 0 Å². The number of aromatic nitrogens is 3. The highest BCUT2D eigenvalue weighted by Gasteiger charge is 2.11.